The highest BCUT2D eigenvalue weighted by Crippen LogP contribution is 2.32. The number of aromatic nitrogens is 1. The lowest BCUT2D eigenvalue weighted by Crippen LogP contribution is -2.40. The predicted molar refractivity (Wildman–Crippen MR) is 107 cm³/mol. The SMILES string of the molecule is COc1ccc(OCC(O)CN2CCC(c3noc4cc(F)ccc34)CC2)cc1. The second kappa shape index (κ2) is 8.80. The van der Waals surface area contributed by atoms with Gasteiger partial charge in [0.05, 0.1) is 12.8 Å². The molecule has 1 saturated heterocycles. The number of nitrogens with zero attached hydrogens (tertiary/aromatic N) is 2. The first-order valence-electron chi connectivity index (χ1n) is 9.84. The van der Waals surface area contributed by atoms with Gasteiger partial charge in [-0.2, -0.15) is 0 Å². The van der Waals surface area contributed by atoms with E-state index < -0.39 is 6.10 Å². The van der Waals surface area contributed by atoms with Crippen molar-refractivity contribution in [1.29, 1.82) is 0 Å². The molecule has 0 spiro atoms. The number of fused-ring (bicyclic) bond motifs is 1. The molecule has 2 heterocycles. The number of hydrogen-bond donors (Lipinski definition) is 1. The maximum Gasteiger partial charge on any atom is 0.170 e. The van der Waals surface area contributed by atoms with E-state index in [0.29, 0.717) is 17.9 Å². The van der Waals surface area contributed by atoms with Crippen LogP contribution in [0.25, 0.3) is 11.0 Å². The highest BCUT2D eigenvalue weighted by Gasteiger charge is 2.26. The maximum absolute atomic E-state index is 13.3. The largest absolute Gasteiger partial charge is 0.497 e. The number of hydrogen-bond acceptors (Lipinski definition) is 6. The number of methoxy groups -OCH3 is 1. The second-order valence-corrected chi connectivity index (χ2v) is 7.42. The minimum atomic E-state index is -0.565. The zero-order valence-electron chi connectivity index (χ0n) is 16.4. The molecule has 0 aliphatic carbocycles. The van der Waals surface area contributed by atoms with Gasteiger partial charge in [-0.1, -0.05) is 5.16 Å². The summed E-state index contributed by atoms with van der Waals surface area (Å²) in [5.41, 5.74) is 1.40. The first-order valence-corrected chi connectivity index (χ1v) is 9.84. The third kappa shape index (κ3) is 4.68. The third-order valence-electron chi connectivity index (χ3n) is 5.41. The lowest BCUT2D eigenvalue weighted by molar-refractivity contribution is 0.0592. The first-order chi connectivity index (χ1) is 14.1. The Hall–Kier alpha value is -2.64. The van der Waals surface area contributed by atoms with Gasteiger partial charge in [0, 0.05) is 23.9 Å². The van der Waals surface area contributed by atoms with Crippen LogP contribution in [-0.4, -0.2) is 54.6 Å². The lowest BCUT2D eigenvalue weighted by Gasteiger charge is -2.32. The molecular formula is C22H25FN2O4. The Balaban J connectivity index is 1.25. The molecule has 1 aromatic heterocycles. The molecule has 1 aliphatic heterocycles. The standard InChI is InChI=1S/C22H25FN2O4/c1-27-18-3-5-19(6-4-18)28-14-17(26)13-25-10-8-15(9-11-25)22-20-7-2-16(23)12-21(20)29-24-22/h2-7,12,15,17,26H,8-11,13-14H2,1H3. The highest BCUT2D eigenvalue weighted by atomic mass is 19.1. The van der Waals surface area contributed by atoms with Gasteiger partial charge in [0.1, 0.15) is 30.0 Å². The van der Waals surface area contributed by atoms with Crippen LogP contribution in [0.3, 0.4) is 0 Å². The van der Waals surface area contributed by atoms with E-state index in [1.54, 1.807) is 13.2 Å². The molecule has 1 atom stereocenters. The van der Waals surface area contributed by atoms with Crippen molar-refractivity contribution in [3.05, 3.63) is 54.0 Å². The van der Waals surface area contributed by atoms with Gasteiger partial charge in [0.2, 0.25) is 0 Å². The van der Waals surface area contributed by atoms with Crippen molar-refractivity contribution in [3.8, 4) is 11.5 Å². The molecule has 3 aromatic rings. The van der Waals surface area contributed by atoms with Crippen molar-refractivity contribution in [2.75, 3.05) is 33.4 Å². The van der Waals surface area contributed by atoms with Crippen molar-refractivity contribution in [2.45, 2.75) is 24.9 Å². The molecule has 1 unspecified atom stereocenters. The molecule has 154 valence electrons. The third-order valence-corrected chi connectivity index (χ3v) is 5.41. The number of aliphatic hydroxyl groups excluding tert-OH is 1. The summed E-state index contributed by atoms with van der Waals surface area (Å²) < 4.78 is 29.4. The summed E-state index contributed by atoms with van der Waals surface area (Å²) >= 11 is 0. The van der Waals surface area contributed by atoms with E-state index in [4.69, 9.17) is 14.0 Å². The molecule has 29 heavy (non-hydrogen) atoms. The number of aliphatic hydroxyl groups is 1. The average molecular weight is 400 g/mol. The van der Waals surface area contributed by atoms with Crippen LogP contribution >= 0.6 is 0 Å². The molecule has 7 heteroatoms. The van der Waals surface area contributed by atoms with Crippen molar-refractivity contribution in [1.82, 2.24) is 10.1 Å². The molecule has 1 N–H and O–H groups in total. The Kier molecular flexibility index (Phi) is 5.97. The molecule has 4 rings (SSSR count). The minimum Gasteiger partial charge on any atom is -0.497 e. The molecule has 1 fully saturated rings. The fraction of sp³-hybridized carbons (Fsp3) is 0.409. The number of likely N-dealkylation sites (tertiary alicyclic amines) is 1. The molecule has 1 aliphatic rings. The van der Waals surface area contributed by atoms with Crippen molar-refractivity contribution in [2.24, 2.45) is 0 Å². The topological polar surface area (TPSA) is 68.0 Å². The summed E-state index contributed by atoms with van der Waals surface area (Å²) in [6, 6.07) is 11.9. The predicted octanol–water partition coefficient (Wildman–Crippen LogP) is 3.59. The first kappa shape index (κ1) is 19.7. The zero-order chi connectivity index (χ0) is 20.2. The number of rotatable bonds is 7. The van der Waals surface area contributed by atoms with Gasteiger partial charge in [0.15, 0.2) is 5.58 Å². The average Bonchev–Trinajstić information content (AvgIpc) is 3.16. The molecular weight excluding hydrogens is 375 g/mol. The number of piperidine rings is 1. The Morgan fingerprint density at radius 2 is 1.90 bits per heavy atom. The van der Waals surface area contributed by atoms with Crippen LogP contribution in [0.4, 0.5) is 4.39 Å². The molecule has 0 saturated carbocycles. The van der Waals surface area contributed by atoms with Gasteiger partial charge < -0.3 is 24.0 Å². The minimum absolute atomic E-state index is 0.242. The van der Waals surface area contributed by atoms with E-state index in [1.165, 1.54) is 12.1 Å². The summed E-state index contributed by atoms with van der Waals surface area (Å²) in [6.07, 6.45) is 1.28. The summed E-state index contributed by atoms with van der Waals surface area (Å²) in [6.45, 7) is 2.53. The second-order valence-electron chi connectivity index (χ2n) is 7.42. The zero-order valence-corrected chi connectivity index (χ0v) is 16.4. The number of halogens is 1. The summed E-state index contributed by atoms with van der Waals surface area (Å²) in [4.78, 5) is 2.24. The fourth-order valence-electron chi connectivity index (χ4n) is 3.83. The van der Waals surface area contributed by atoms with Crippen LogP contribution in [0.1, 0.15) is 24.5 Å². The fourth-order valence-corrected chi connectivity index (χ4v) is 3.83. The summed E-state index contributed by atoms with van der Waals surface area (Å²) in [7, 11) is 1.62. The normalized spacial score (nSPS) is 16.8. The van der Waals surface area contributed by atoms with Crippen LogP contribution in [0.2, 0.25) is 0 Å². The van der Waals surface area contributed by atoms with Gasteiger partial charge in [0.25, 0.3) is 0 Å². The number of β-amino-alcohol motifs (C(OH)–C–C–N with tert-alkyl or cyclic N) is 1. The lowest BCUT2D eigenvalue weighted by atomic mass is 9.91. The van der Waals surface area contributed by atoms with Crippen LogP contribution in [-0.2, 0) is 0 Å². The monoisotopic (exact) mass is 400 g/mol. The van der Waals surface area contributed by atoms with Gasteiger partial charge in [-0.15, -0.1) is 0 Å². The van der Waals surface area contributed by atoms with E-state index in [9.17, 15) is 9.50 Å². The Morgan fingerprint density at radius 3 is 2.62 bits per heavy atom. The molecule has 6 nitrogen and oxygen atoms in total. The van der Waals surface area contributed by atoms with Crippen LogP contribution < -0.4 is 9.47 Å². The van der Waals surface area contributed by atoms with Gasteiger partial charge >= 0.3 is 0 Å². The Morgan fingerprint density at radius 1 is 1.17 bits per heavy atom. The van der Waals surface area contributed by atoms with Gasteiger partial charge in [-0.25, -0.2) is 4.39 Å². The maximum atomic E-state index is 13.3. The van der Waals surface area contributed by atoms with Crippen molar-refractivity contribution < 1.29 is 23.5 Å². The van der Waals surface area contributed by atoms with E-state index in [-0.39, 0.29) is 18.3 Å². The van der Waals surface area contributed by atoms with E-state index in [2.05, 4.69) is 10.1 Å². The van der Waals surface area contributed by atoms with Crippen LogP contribution in [0.15, 0.2) is 47.0 Å². The Labute approximate surface area is 168 Å². The summed E-state index contributed by atoms with van der Waals surface area (Å²) in [5, 5.41) is 15.4. The van der Waals surface area contributed by atoms with E-state index in [0.717, 1.165) is 42.8 Å². The van der Waals surface area contributed by atoms with Gasteiger partial charge in [-0.05, 0) is 62.3 Å². The highest BCUT2D eigenvalue weighted by molar-refractivity contribution is 5.79. The van der Waals surface area contributed by atoms with Crippen LogP contribution in [0.5, 0.6) is 11.5 Å². The molecule has 0 bridgehead atoms. The van der Waals surface area contributed by atoms with E-state index >= 15 is 0 Å². The molecule has 0 amide bonds. The van der Waals surface area contributed by atoms with Crippen LogP contribution in [0, 0.1) is 5.82 Å². The Bertz CT molecular complexity index is 936. The summed E-state index contributed by atoms with van der Waals surface area (Å²) in [5.74, 6) is 1.44. The molecule has 0 radical (unpaired) electrons. The quantitative estimate of drug-likeness (QED) is 0.654. The van der Waals surface area contributed by atoms with Crippen molar-refractivity contribution in [3.63, 3.8) is 0 Å². The van der Waals surface area contributed by atoms with Gasteiger partial charge in [-0.3, -0.25) is 0 Å². The van der Waals surface area contributed by atoms with Crippen molar-refractivity contribution >= 4 is 11.0 Å². The van der Waals surface area contributed by atoms with E-state index in [1.807, 2.05) is 24.3 Å². The smallest absolute Gasteiger partial charge is 0.170 e. The molecule has 2 aromatic carbocycles. The number of ether oxygens (including phenoxy) is 2. The number of benzene rings is 2.